The highest BCUT2D eigenvalue weighted by Crippen LogP contribution is 2.18. The van der Waals surface area contributed by atoms with E-state index in [2.05, 4.69) is 15.0 Å². The van der Waals surface area contributed by atoms with E-state index in [1.54, 1.807) is 6.33 Å². The van der Waals surface area contributed by atoms with E-state index in [4.69, 9.17) is 5.11 Å². The molecule has 1 aliphatic heterocycles. The standard InChI is InChI=1S/C11H18N4O2/c1-2-15-10(12-8-13-15)7-14-5-3-9(4-6-14)11(16)17/h8-9H,2-7H2,1H3,(H,16,17). The van der Waals surface area contributed by atoms with Crippen LogP contribution in [0.2, 0.25) is 0 Å². The molecule has 1 N–H and O–H groups in total. The summed E-state index contributed by atoms with van der Waals surface area (Å²) in [7, 11) is 0. The number of aliphatic carboxylic acids is 1. The van der Waals surface area contributed by atoms with Gasteiger partial charge in [0.05, 0.1) is 12.5 Å². The Morgan fingerprint density at radius 3 is 2.82 bits per heavy atom. The van der Waals surface area contributed by atoms with Gasteiger partial charge in [-0.1, -0.05) is 0 Å². The molecule has 94 valence electrons. The maximum Gasteiger partial charge on any atom is 0.306 e. The molecule has 0 aliphatic carbocycles. The number of carbonyl (C=O) groups is 1. The summed E-state index contributed by atoms with van der Waals surface area (Å²) >= 11 is 0. The third-order valence-corrected chi connectivity index (χ3v) is 3.30. The molecule has 1 aliphatic rings. The molecule has 0 radical (unpaired) electrons. The first-order valence-corrected chi connectivity index (χ1v) is 6.02. The molecule has 17 heavy (non-hydrogen) atoms. The van der Waals surface area contributed by atoms with Crippen molar-refractivity contribution in [3.8, 4) is 0 Å². The molecule has 0 aromatic carbocycles. The Balaban J connectivity index is 1.88. The summed E-state index contributed by atoms with van der Waals surface area (Å²) in [5.41, 5.74) is 0. The fraction of sp³-hybridized carbons (Fsp3) is 0.727. The van der Waals surface area contributed by atoms with Gasteiger partial charge in [0.1, 0.15) is 12.2 Å². The van der Waals surface area contributed by atoms with Gasteiger partial charge in [0.15, 0.2) is 0 Å². The van der Waals surface area contributed by atoms with E-state index in [1.165, 1.54) is 0 Å². The van der Waals surface area contributed by atoms with Crippen molar-refractivity contribution in [1.29, 1.82) is 0 Å². The van der Waals surface area contributed by atoms with Crippen LogP contribution < -0.4 is 0 Å². The maximum absolute atomic E-state index is 10.8. The first kappa shape index (κ1) is 12.0. The van der Waals surface area contributed by atoms with Crippen LogP contribution in [0.15, 0.2) is 6.33 Å². The molecule has 0 saturated carbocycles. The Hall–Kier alpha value is -1.43. The number of rotatable bonds is 4. The van der Waals surface area contributed by atoms with Gasteiger partial charge in [0, 0.05) is 6.54 Å². The molecular formula is C11H18N4O2. The zero-order chi connectivity index (χ0) is 12.3. The minimum Gasteiger partial charge on any atom is -0.481 e. The van der Waals surface area contributed by atoms with Crippen LogP contribution in [0.3, 0.4) is 0 Å². The third-order valence-electron chi connectivity index (χ3n) is 3.30. The fourth-order valence-corrected chi connectivity index (χ4v) is 2.21. The molecule has 1 aromatic heterocycles. The van der Waals surface area contributed by atoms with E-state index < -0.39 is 5.97 Å². The third kappa shape index (κ3) is 2.82. The molecule has 6 nitrogen and oxygen atoms in total. The molecule has 0 spiro atoms. The normalized spacial score (nSPS) is 18.4. The smallest absolute Gasteiger partial charge is 0.306 e. The summed E-state index contributed by atoms with van der Waals surface area (Å²) in [5.74, 6) is 0.123. The van der Waals surface area contributed by atoms with Gasteiger partial charge in [-0.2, -0.15) is 5.10 Å². The molecule has 1 saturated heterocycles. The minimum atomic E-state index is -0.665. The van der Waals surface area contributed by atoms with Gasteiger partial charge in [0.25, 0.3) is 0 Å². The quantitative estimate of drug-likeness (QED) is 0.831. The summed E-state index contributed by atoms with van der Waals surface area (Å²) in [6.45, 7) is 5.27. The predicted octanol–water partition coefficient (Wildman–Crippen LogP) is 0.595. The van der Waals surface area contributed by atoms with Gasteiger partial charge in [-0.15, -0.1) is 0 Å². The molecule has 0 atom stereocenters. The Labute approximate surface area is 100 Å². The number of aromatic nitrogens is 3. The zero-order valence-corrected chi connectivity index (χ0v) is 10.0. The molecule has 1 aromatic rings. The van der Waals surface area contributed by atoms with Crippen LogP contribution in [-0.4, -0.2) is 43.8 Å². The van der Waals surface area contributed by atoms with Crippen molar-refractivity contribution in [3.05, 3.63) is 12.2 Å². The lowest BCUT2D eigenvalue weighted by Gasteiger charge is -2.29. The van der Waals surface area contributed by atoms with Crippen LogP contribution in [0.25, 0.3) is 0 Å². The number of aryl methyl sites for hydroxylation is 1. The molecule has 0 amide bonds. The van der Waals surface area contributed by atoms with Crippen LogP contribution in [0, 0.1) is 5.92 Å². The van der Waals surface area contributed by atoms with Gasteiger partial charge in [-0.25, -0.2) is 9.67 Å². The van der Waals surface area contributed by atoms with Crippen LogP contribution in [0.4, 0.5) is 0 Å². The Morgan fingerprint density at radius 1 is 1.53 bits per heavy atom. The van der Waals surface area contributed by atoms with Gasteiger partial charge in [-0.05, 0) is 32.9 Å². The summed E-state index contributed by atoms with van der Waals surface area (Å²) in [5, 5.41) is 13.0. The number of nitrogens with zero attached hydrogens (tertiary/aromatic N) is 4. The number of hydrogen-bond donors (Lipinski definition) is 1. The molecule has 2 heterocycles. The van der Waals surface area contributed by atoms with Crippen LogP contribution in [-0.2, 0) is 17.9 Å². The number of piperidine rings is 1. The van der Waals surface area contributed by atoms with Crippen molar-refractivity contribution in [1.82, 2.24) is 19.7 Å². The summed E-state index contributed by atoms with van der Waals surface area (Å²) in [6.07, 6.45) is 3.04. The van der Waals surface area contributed by atoms with Gasteiger partial charge >= 0.3 is 5.97 Å². The zero-order valence-electron chi connectivity index (χ0n) is 10.0. The summed E-state index contributed by atoms with van der Waals surface area (Å²) in [6, 6.07) is 0. The molecule has 2 rings (SSSR count). The largest absolute Gasteiger partial charge is 0.481 e. The van der Waals surface area contributed by atoms with Gasteiger partial charge in [-0.3, -0.25) is 9.69 Å². The van der Waals surface area contributed by atoms with Crippen molar-refractivity contribution >= 4 is 5.97 Å². The second-order valence-electron chi connectivity index (χ2n) is 4.38. The average Bonchev–Trinajstić information content (AvgIpc) is 2.77. The summed E-state index contributed by atoms with van der Waals surface area (Å²) < 4.78 is 1.88. The van der Waals surface area contributed by atoms with E-state index in [-0.39, 0.29) is 5.92 Å². The number of carboxylic acid groups (broad SMARTS) is 1. The van der Waals surface area contributed by atoms with Crippen molar-refractivity contribution in [2.75, 3.05) is 13.1 Å². The second kappa shape index (κ2) is 5.27. The van der Waals surface area contributed by atoms with Crippen molar-refractivity contribution in [2.45, 2.75) is 32.9 Å². The Kier molecular flexibility index (Phi) is 3.73. The monoisotopic (exact) mass is 238 g/mol. The summed E-state index contributed by atoms with van der Waals surface area (Å²) in [4.78, 5) is 17.3. The number of hydrogen-bond acceptors (Lipinski definition) is 4. The Bertz CT molecular complexity index is 383. The molecule has 0 bridgehead atoms. The fourth-order valence-electron chi connectivity index (χ4n) is 2.21. The number of likely N-dealkylation sites (tertiary alicyclic amines) is 1. The van der Waals surface area contributed by atoms with Crippen molar-refractivity contribution in [2.24, 2.45) is 5.92 Å². The van der Waals surface area contributed by atoms with Crippen LogP contribution in [0.5, 0.6) is 0 Å². The molecule has 1 fully saturated rings. The van der Waals surface area contributed by atoms with Gasteiger partial charge in [0.2, 0.25) is 0 Å². The number of carboxylic acids is 1. The highest BCUT2D eigenvalue weighted by Gasteiger charge is 2.24. The lowest BCUT2D eigenvalue weighted by atomic mass is 9.97. The lowest BCUT2D eigenvalue weighted by molar-refractivity contribution is -0.143. The van der Waals surface area contributed by atoms with Crippen LogP contribution >= 0.6 is 0 Å². The lowest BCUT2D eigenvalue weighted by Crippen LogP contribution is -2.36. The highest BCUT2D eigenvalue weighted by atomic mass is 16.4. The highest BCUT2D eigenvalue weighted by molar-refractivity contribution is 5.70. The topological polar surface area (TPSA) is 71.2 Å². The predicted molar refractivity (Wildman–Crippen MR) is 61.3 cm³/mol. The van der Waals surface area contributed by atoms with E-state index in [1.807, 2.05) is 11.6 Å². The second-order valence-corrected chi connectivity index (χ2v) is 4.38. The maximum atomic E-state index is 10.8. The minimum absolute atomic E-state index is 0.171. The van der Waals surface area contributed by atoms with E-state index in [0.717, 1.165) is 44.8 Å². The van der Waals surface area contributed by atoms with E-state index in [0.29, 0.717) is 0 Å². The first-order valence-electron chi connectivity index (χ1n) is 6.02. The van der Waals surface area contributed by atoms with Crippen molar-refractivity contribution in [3.63, 3.8) is 0 Å². The van der Waals surface area contributed by atoms with Gasteiger partial charge < -0.3 is 5.11 Å². The van der Waals surface area contributed by atoms with Crippen LogP contribution in [0.1, 0.15) is 25.6 Å². The SMILES string of the molecule is CCn1ncnc1CN1CCC(C(=O)O)CC1. The van der Waals surface area contributed by atoms with E-state index >= 15 is 0 Å². The average molecular weight is 238 g/mol. The Morgan fingerprint density at radius 2 is 2.24 bits per heavy atom. The van der Waals surface area contributed by atoms with E-state index in [9.17, 15) is 4.79 Å². The first-order chi connectivity index (χ1) is 8.20. The molecule has 6 heteroatoms. The van der Waals surface area contributed by atoms with Crippen molar-refractivity contribution < 1.29 is 9.90 Å². The molecule has 0 unspecified atom stereocenters. The molecular weight excluding hydrogens is 220 g/mol.